The van der Waals surface area contributed by atoms with Crippen LogP contribution in [0.4, 0.5) is 0 Å². The van der Waals surface area contributed by atoms with Crippen molar-refractivity contribution in [1.29, 1.82) is 0 Å². The van der Waals surface area contributed by atoms with Gasteiger partial charge in [0.2, 0.25) is 0 Å². The Hall–Kier alpha value is -1.11. The van der Waals surface area contributed by atoms with E-state index in [9.17, 15) is 0 Å². The van der Waals surface area contributed by atoms with Crippen molar-refractivity contribution >= 4 is 5.71 Å². The summed E-state index contributed by atoms with van der Waals surface area (Å²) in [6.45, 7) is 11.4. The predicted molar refractivity (Wildman–Crippen MR) is 52.1 cm³/mol. The number of hydrogen-bond donors (Lipinski definition) is 0. The van der Waals surface area contributed by atoms with Gasteiger partial charge in [-0.25, -0.2) is 0 Å². The highest BCUT2D eigenvalue weighted by molar-refractivity contribution is 6.01. The summed E-state index contributed by atoms with van der Waals surface area (Å²) in [6, 6.07) is 0. The molecular weight excluding hydrogens is 134 g/mol. The normalized spacial score (nSPS) is 13.9. The largest absolute Gasteiger partial charge is 0.293 e. The SMILES string of the molecule is C=C/C(C)=C(\C=C)C(C)=NC. The van der Waals surface area contributed by atoms with Crippen LogP contribution in [0.15, 0.2) is 41.4 Å². The molecule has 0 aromatic rings. The lowest BCUT2D eigenvalue weighted by atomic mass is 10.1. The summed E-state index contributed by atoms with van der Waals surface area (Å²) >= 11 is 0. The first kappa shape index (κ1) is 9.89. The Kier molecular flexibility index (Phi) is 4.20. The second-order valence-corrected chi connectivity index (χ2v) is 2.31. The lowest BCUT2D eigenvalue weighted by molar-refractivity contribution is 1.39. The standard InChI is InChI=1S/C10H15N/c1-6-8(3)10(7-2)9(4)11-5/h6-7H,1-2H2,3-5H3/b10-8+,11-9?. The van der Waals surface area contributed by atoms with E-state index >= 15 is 0 Å². The van der Waals surface area contributed by atoms with E-state index in [1.54, 1.807) is 13.1 Å². The van der Waals surface area contributed by atoms with Crippen LogP contribution < -0.4 is 0 Å². The van der Waals surface area contributed by atoms with Crippen LogP contribution in [-0.4, -0.2) is 12.8 Å². The zero-order chi connectivity index (χ0) is 8.85. The number of aliphatic imine (C=N–C) groups is 1. The second kappa shape index (κ2) is 4.67. The molecule has 0 heterocycles. The van der Waals surface area contributed by atoms with Crippen molar-refractivity contribution < 1.29 is 0 Å². The third kappa shape index (κ3) is 2.54. The van der Waals surface area contributed by atoms with Gasteiger partial charge in [0.25, 0.3) is 0 Å². The molecule has 0 rings (SSSR count). The zero-order valence-corrected chi connectivity index (χ0v) is 7.52. The molecule has 0 aliphatic heterocycles. The predicted octanol–water partition coefficient (Wildman–Crippen LogP) is 2.77. The van der Waals surface area contributed by atoms with Gasteiger partial charge in [0.15, 0.2) is 0 Å². The molecule has 60 valence electrons. The maximum atomic E-state index is 4.07. The third-order valence-corrected chi connectivity index (χ3v) is 1.66. The molecular formula is C10H15N. The maximum absolute atomic E-state index is 4.07. The van der Waals surface area contributed by atoms with Gasteiger partial charge in [0, 0.05) is 12.8 Å². The van der Waals surface area contributed by atoms with E-state index < -0.39 is 0 Å². The van der Waals surface area contributed by atoms with Crippen LogP contribution in [0.3, 0.4) is 0 Å². The molecule has 0 N–H and O–H groups in total. The Morgan fingerprint density at radius 2 is 1.73 bits per heavy atom. The summed E-state index contributed by atoms with van der Waals surface area (Å²) in [7, 11) is 1.77. The zero-order valence-electron chi connectivity index (χ0n) is 7.52. The molecule has 0 atom stereocenters. The summed E-state index contributed by atoms with van der Waals surface area (Å²) in [5, 5.41) is 0. The molecule has 0 radical (unpaired) electrons. The Labute approximate surface area is 68.9 Å². The number of allylic oxidation sites excluding steroid dienone is 4. The van der Waals surface area contributed by atoms with Crippen LogP contribution in [0.2, 0.25) is 0 Å². The molecule has 0 saturated heterocycles. The van der Waals surface area contributed by atoms with Gasteiger partial charge in [0.1, 0.15) is 0 Å². The van der Waals surface area contributed by atoms with Gasteiger partial charge in [-0.15, -0.1) is 0 Å². The molecule has 0 aromatic heterocycles. The van der Waals surface area contributed by atoms with E-state index in [2.05, 4.69) is 18.2 Å². The summed E-state index contributed by atoms with van der Waals surface area (Å²) in [4.78, 5) is 4.07. The van der Waals surface area contributed by atoms with Crippen LogP contribution in [0.5, 0.6) is 0 Å². The van der Waals surface area contributed by atoms with Crippen molar-refractivity contribution in [3.05, 3.63) is 36.5 Å². The highest BCUT2D eigenvalue weighted by atomic mass is 14.7. The summed E-state index contributed by atoms with van der Waals surface area (Å²) < 4.78 is 0. The van der Waals surface area contributed by atoms with E-state index in [0.29, 0.717) is 0 Å². The first-order chi connectivity index (χ1) is 5.17. The first-order valence-electron chi connectivity index (χ1n) is 3.56. The van der Waals surface area contributed by atoms with E-state index in [-0.39, 0.29) is 0 Å². The molecule has 11 heavy (non-hydrogen) atoms. The average molecular weight is 149 g/mol. The van der Waals surface area contributed by atoms with E-state index in [0.717, 1.165) is 16.9 Å². The minimum Gasteiger partial charge on any atom is -0.293 e. The lowest BCUT2D eigenvalue weighted by Crippen LogP contribution is -1.96. The van der Waals surface area contributed by atoms with Crippen molar-refractivity contribution in [1.82, 2.24) is 0 Å². The Balaban J connectivity index is 4.95. The molecule has 0 fully saturated rings. The first-order valence-corrected chi connectivity index (χ1v) is 3.56. The van der Waals surface area contributed by atoms with Crippen molar-refractivity contribution in [3.8, 4) is 0 Å². The average Bonchev–Trinajstić information content (AvgIpc) is 2.05. The van der Waals surface area contributed by atoms with E-state index in [4.69, 9.17) is 0 Å². The van der Waals surface area contributed by atoms with Crippen LogP contribution in [0.1, 0.15) is 13.8 Å². The fraction of sp³-hybridized carbons (Fsp3) is 0.300. The highest BCUT2D eigenvalue weighted by Crippen LogP contribution is 2.07. The number of rotatable bonds is 3. The molecule has 0 unspecified atom stereocenters. The Morgan fingerprint density at radius 1 is 1.18 bits per heavy atom. The summed E-state index contributed by atoms with van der Waals surface area (Å²) in [5.41, 5.74) is 3.18. The summed E-state index contributed by atoms with van der Waals surface area (Å²) in [5.74, 6) is 0. The van der Waals surface area contributed by atoms with Gasteiger partial charge in [-0.2, -0.15) is 0 Å². The Morgan fingerprint density at radius 3 is 2.00 bits per heavy atom. The summed E-state index contributed by atoms with van der Waals surface area (Å²) in [6.07, 6.45) is 3.62. The molecule has 0 aliphatic rings. The van der Waals surface area contributed by atoms with Gasteiger partial charge >= 0.3 is 0 Å². The second-order valence-electron chi connectivity index (χ2n) is 2.31. The van der Waals surface area contributed by atoms with Crippen molar-refractivity contribution in [2.24, 2.45) is 4.99 Å². The minimum atomic E-state index is 0.998. The maximum Gasteiger partial charge on any atom is 0.0388 e. The molecule has 0 aromatic carbocycles. The monoisotopic (exact) mass is 149 g/mol. The topological polar surface area (TPSA) is 12.4 Å². The third-order valence-electron chi connectivity index (χ3n) is 1.66. The molecule has 1 nitrogen and oxygen atoms in total. The highest BCUT2D eigenvalue weighted by Gasteiger charge is 1.97. The molecule has 0 bridgehead atoms. The van der Waals surface area contributed by atoms with Crippen LogP contribution in [-0.2, 0) is 0 Å². The fourth-order valence-corrected chi connectivity index (χ4v) is 0.824. The van der Waals surface area contributed by atoms with E-state index in [1.165, 1.54) is 0 Å². The van der Waals surface area contributed by atoms with Crippen LogP contribution in [0, 0.1) is 0 Å². The van der Waals surface area contributed by atoms with Crippen molar-refractivity contribution in [2.45, 2.75) is 13.8 Å². The van der Waals surface area contributed by atoms with Crippen LogP contribution >= 0.6 is 0 Å². The van der Waals surface area contributed by atoms with Gasteiger partial charge in [-0.3, -0.25) is 4.99 Å². The van der Waals surface area contributed by atoms with Crippen LogP contribution in [0.25, 0.3) is 0 Å². The molecule has 0 amide bonds. The van der Waals surface area contributed by atoms with Gasteiger partial charge in [-0.1, -0.05) is 25.3 Å². The van der Waals surface area contributed by atoms with Gasteiger partial charge in [0.05, 0.1) is 0 Å². The number of hydrogen-bond acceptors (Lipinski definition) is 1. The smallest absolute Gasteiger partial charge is 0.0388 e. The Bertz CT molecular complexity index is 219. The quantitative estimate of drug-likeness (QED) is 0.432. The lowest BCUT2D eigenvalue weighted by Gasteiger charge is -2.02. The van der Waals surface area contributed by atoms with Gasteiger partial charge < -0.3 is 0 Å². The number of nitrogens with zero attached hydrogens (tertiary/aromatic N) is 1. The molecule has 0 spiro atoms. The van der Waals surface area contributed by atoms with Gasteiger partial charge in [-0.05, 0) is 25.0 Å². The fourth-order valence-electron chi connectivity index (χ4n) is 0.824. The van der Waals surface area contributed by atoms with Crippen molar-refractivity contribution in [3.63, 3.8) is 0 Å². The molecule has 0 aliphatic carbocycles. The van der Waals surface area contributed by atoms with E-state index in [1.807, 2.05) is 19.9 Å². The minimum absolute atomic E-state index is 0.998. The van der Waals surface area contributed by atoms with Crippen molar-refractivity contribution in [2.75, 3.05) is 7.05 Å². The molecule has 1 heteroatoms. The molecule has 0 saturated carbocycles.